The summed E-state index contributed by atoms with van der Waals surface area (Å²) in [5, 5.41) is 5.58. The molecule has 2 N–H and O–H groups in total. The second-order valence-electron chi connectivity index (χ2n) is 6.76. The maximum absolute atomic E-state index is 12.7. The number of thioether (sulfide) groups is 1. The zero-order valence-corrected chi connectivity index (χ0v) is 15.5. The molecule has 2 aliphatic rings. The third-order valence-corrected chi connectivity index (χ3v) is 6.41. The molecule has 8 heteroatoms. The molecular formula is C19H19N3O4S. The van der Waals surface area contributed by atoms with Crippen molar-refractivity contribution in [2.45, 2.75) is 30.7 Å². The highest BCUT2D eigenvalue weighted by molar-refractivity contribution is 8.01. The maximum atomic E-state index is 12.7. The highest BCUT2D eigenvalue weighted by atomic mass is 32.2. The number of fused-ring (bicyclic) bond motifs is 1. The van der Waals surface area contributed by atoms with Gasteiger partial charge in [-0.05, 0) is 49.7 Å². The number of rotatable bonds is 4. The van der Waals surface area contributed by atoms with Crippen LogP contribution in [0.1, 0.15) is 30.3 Å². The Morgan fingerprint density at radius 1 is 1.19 bits per heavy atom. The number of amides is 3. The van der Waals surface area contributed by atoms with Crippen LogP contribution in [0.25, 0.3) is 0 Å². The second-order valence-corrected chi connectivity index (χ2v) is 8.27. The molecule has 0 saturated carbocycles. The van der Waals surface area contributed by atoms with E-state index in [4.69, 9.17) is 4.42 Å². The largest absolute Gasteiger partial charge is 0.459 e. The van der Waals surface area contributed by atoms with Crippen molar-refractivity contribution < 1.29 is 18.8 Å². The van der Waals surface area contributed by atoms with Crippen LogP contribution < -0.4 is 10.6 Å². The lowest BCUT2D eigenvalue weighted by molar-refractivity contribution is -0.135. The average Bonchev–Trinajstić information content (AvgIpc) is 3.35. The summed E-state index contributed by atoms with van der Waals surface area (Å²) in [6.45, 7) is 2.02. The van der Waals surface area contributed by atoms with Gasteiger partial charge < -0.3 is 20.0 Å². The minimum absolute atomic E-state index is 0.0404. The summed E-state index contributed by atoms with van der Waals surface area (Å²) in [4.78, 5) is 38.2. The van der Waals surface area contributed by atoms with Crippen molar-refractivity contribution >= 4 is 40.9 Å². The molecule has 0 spiro atoms. The topological polar surface area (TPSA) is 91.7 Å². The van der Waals surface area contributed by atoms with Crippen LogP contribution in [-0.4, -0.2) is 39.3 Å². The number of furan rings is 1. The summed E-state index contributed by atoms with van der Waals surface area (Å²) in [7, 11) is 0. The van der Waals surface area contributed by atoms with E-state index in [1.165, 1.54) is 6.26 Å². The number of nitrogens with zero attached hydrogens (tertiary/aromatic N) is 1. The van der Waals surface area contributed by atoms with Gasteiger partial charge in [0, 0.05) is 23.5 Å². The first-order valence-electron chi connectivity index (χ1n) is 8.68. The Kier molecular flexibility index (Phi) is 4.43. The van der Waals surface area contributed by atoms with Crippen molar-refractivity contribution in [2.24, 2.45) is 0 Å². The zero-order valence-electron chi connectivity index (χ0n) is 14.7. The molecule has 2 aromatic rings. The predicted molar refractivity (Wildman–Crippen MR) is 102 cm³/mol. The Balaban J connectivity index is 1.39. The molecule has 3 heterocycles. The van der Waals surface area contributed by atoms with Crippen molar-refractivity contribution in [1.82, 2.24) is 4.90 Å². The lowest BCUT2D eigenvalue weighted by atomic mass is 10.2. The summed E-state index contributed by atoms with van der Waals surface area (Å²) in [5.74, 6) is 0.342. The number of hydrogen-bond acceptors (Lipinski definition) is 5. The van der Waals surface area contributed by atoms with Crippen LogP contribution in [0.2, 0.25) is 0 Å². The van der Waals surface area contributed by atoms with Gasteiger partial charge in [0.05, 0.1) is 11.1 Å². The number of benzene rings is 1. The number of hydrogen-bond donors (Lipinski definition) is 2. The van der Waals surface area contributed by atoms with Gasteiger partial charge >= 0.3 is 0 Å². The summed E-state index contributed by atoms with van der Waals surface area (Å²) in [6, 6.07) is 9.59. The van der Waals surface area contributed by atoms with Crippen LogP contribution in [0.15, 0.2) is 47.1 Å². The van der Waals surface area contributed by atoms with E-state index in [-0.39, 0.29) is 28.4 Å². The van der Waals surface area contributed by atoms with Crippen LogP contribution in [0, 0.1) is 0 Å². The lowest BCUT2D eigenvalue weighted by Crippen LogP contribution is -2.48. The SMILES string of the molecule is C[C@@]12CCC(=O)N1[C@H](C(=O)Nc1ccc(NC(=O)c3ccco3)cc1)CS2. The fourth-order valence-corrected chi connectivity index (χ4v) is 4.91. The van der Waals surface area contributed by atoms with Gasteiger partial charge in [0.1, 0.15) is 6.04 Å². The van der Waals surface area contributed by atoms with Gasteiger partial charge in [-0.3, -0.25) is 14.4 Å². The molecule has 3 amide bonds. The molecule has 4 rings (SSSR count). The molecule has 1 aromatic carbocycles. The Hall–Kier alpha value is -2.74. The Bertz CT molecular complexity index is 881. The molecule has 0 bridgehead atoms. The normalized spacial score (nSPS) is 24.0. The molecule has 0 unspecified atom stereocenters. The molecule has 0 aliphatic carbocycles. The summed E-state index contributed by atoms with van der Waals surface area (Å²) >= 11 is 1.66. The van der Waals surface area contributed by atoms with E-state index in [0.29, 0.717) is 23.5 Å². The van der Waals surface area contributed by atoms with Crippen molar-refractivity contribution in [1.29, 1.82) is 0 Å². The first-order chi connectivity index (χ1) is 13.0. The van der Waals surface area contributed by atoms with Gasteiger partial charge in [0.2, 0.25) is 11.8 Å². The Morgan fingerprint density at radius 2 is 1.89 bits per heavy atom. The van der Waals surface area contributed by atoms with E-state index in [1.54, 1.807) is 53.1 Å². The summed E-state index contributed by atoms with van der Waals surface area (Å²) in [6.07, 6.45) is 2.71. The molecule has 2 saturated heterocycles. The Morgan fingerprint density at radius 3 is 2.56 bits per heavy atom. The first kappa shape index (κ1) is 17.7. The van der Waals surface area contributed by atoms with Gasteiger partial charge in [0.25, 0.3) is 5.91 Å². The smallest absolute Gasteiger partial charge is 0.291 e. The molecule has 2 aliphatic heterocycles. The van der Waals surface area contributed by atoms with E-state index < -0.39 is 6.04 Å². The third-order valence-electron chi connectivity index (χ3n) is 4.90. The van der Waals surface area contributed by atoms with Gasteiger partial charge in [-0.25, -0.2) is 0 Å². The van der Waals surface area contributed by atoms with E-state index in [1.807, 2.05) is 6.92 Å². The Labute approximate surface area is 160 Å². The van der Waals surface area contributed by atoms with E-state index in [2.05, 4.69) is 10.6 Å². The van der Waals surface area contributed by atoms with E-state index >= 15 is 0 Å². The van der Waals surface area contributed by atoms with Crippen LogP contribution in [0.5, 0.6) is 0 Å². The number of anilines is 2. The van der Waals surface area contributed by atoms with Crippen molar-refractivity contribution in [2.75, 3.05) is 16.4 Å². The second kappa shape index (κ2) is 6.77. The van der Waals surface area contributed by atoms with Gasteiger partial charge in [-0.2, -0.15) is 0 Å². The average molecular weight is 385 g/mol. The lowest BCUT2D eigenvalue weighted by Gasteiger charge is -2.29. The van der Waals surface area contributed by atoms with Crippen molar-refractivity contribution in [3.8, 4) is 0 Å². The molecule has 2 atom stereocenters. The molecule has 27 heavy (non-hydrogen) atoms. The summed E-state index contributed by atoms with van der Waals surface area (Å²) < 4.78 is 5.05. The highest BCUT2D eigenvalue weighted by Gasteiger charge is 2.52. The predicted octanol–water partition coefficient (Wildman–Crippen LogP) is 2.92. The first-order valence-corrected chi connectivity index (χ1v) is 9.67. The molecule has 140 valence electrons. The highest BCUT2D eigenvalue weighted by Crippen LogP contribution is 2.47. The minimum atomic E-state index is -0.451. The fraction of sp³-hybridized carbons (Fsp3) is 0.316. The standard InChI is InChI=1S/C19H19N3O4S/c1-19-9-8-16(23)22(19)14(11-27-19)17(24)20-12-4-6-13(7-5-12)21-18(25)15-3-2-10-26-15/h2-7,10,14H,8-9,11H2,1H3,(H,20,24)(H,21,25)/t14-,19+/m0/s1. The van der Waals surface area contributed by atoms with Crippen LogP contribution in [0.4, 0.5) is 11.4 Å². The molecule has 1 aromatic heterocycles. The van der Waals surface area contributed by atoms with Crippen LogP contribution in [0.3, 0.4) is 0 Å². The van der Waals surface area contributed by atoms with Gasteiger partial charge in [-0.15, -0.1) is 11.8 Å². The number of carbonyl (C=O) groups is 3. The number of nitrogens with one attached hydrogen (secondary N) is 2. The molecule has 7 nitrogen and oxygen atoms in total. The van der Waals surface area contributed by atoms with Gasteiger partial charge in [0.15, 0.2) is 5.76 Å². The minimum Gasteiger partial charge on any atom is -0.459 e. The van der Waals surface area contributed by atoms with Crippen LogP contribution in [-0.2, 0) is 9.59 Å². The number of carbonyl (C=O) groups excluding carboxylic acids is 3. The van der Waals surface area contributed by atoms with Crippen molar-refractivity contribution in [3.05, 3.63) is 48.4 Å². The zero-order chi connectivity index (χ0) is 19.0. The van der Waals surface area contributed by atoms with E-state index in [0.717, 1.165) is 6.42 Å². The molecular weight excluding hydrogens is 366 g/mol. The monoisotopic (exact) mass is 385 g/mol. The molecule has 2 fully saturated rings. The summed E-state index contributed by atoms with van der Waals surface area (Å²) in [5.41, 5.74) is 1.20. The third kappa shape index (κ3) is 3.32. The van der Waals surface area contributed by atoms with Gasteiger partial charge in [-0.1, -0.05) is 0 Å². The maximum Gasteiger partial charge on any atom is 0.291 e. The quantitative estimate of drug-likeness (QED) is 0.844. The van der Waals surface area contributed by atoms with Crippen molar-refractivity contribution in [3.63, 3.8) is 0 Å². The van der Waals surface area contributed by atoms with Crippen LogP contribution >= 0.6 is 11.8 Å². The fourth-order valence-electron chi connectivity index (χ4n) is 3.48. The molecule has 0 radical (unpaired) electrons. The van der Waals surface area contributed by atoms with E-state index in [9.17, 15) is 14.4 Å².